The maximum absolute atomic E-state index is 12.9. The summed E-state index contributed by atoms with van der Waals surface area (Å²) in [4.78, 5) is 13.2. The molecule has 3 rings (SSSR count). The van der Waals surface area contributed by atoms with Gasteiger partial charge in [-0.15, -0.1) is 16.9 Å². The zero-order chi connectivity index (χ0) is 17.8. The Hall–Kier alpha value is -2.67. The third-order valence-electron chi connectivity index (χ3n) is 3.20. The van der Waals surface area contributed by atoms with Gasteiger partial charge < -0.3 is 4.42 Å². The van der Waals surface area contributed by atoms with Crippen LogP contribution in [0, 0.1) is 5.82 Å². The predicted molar refractivity (Wildman–Crippen MR) is 95.1 cm³/mol. The van der Waals surface area contributed by atoms with Crippen LogP contribution < -0.4 is 5.32 Å². The van der Waals surface area contributed by atoms with E-state index in [-0.39, 0.29) is 6.01 Å². The molecule has 2 aromatic carbocycles. The molecule has 0 saturated heterocycles. The summed E-state index contributed by atoms with van der Waals surface area (Å²) in [6.07, 6.45) is 0. The van der Waals surface area contributed by atoms with Crippen LogP contribution >= 0.6 is 11.8 Å². The topological polar surface area (TPSA) is 68.0 Å². The van der Waals surface area contributed by atoms with Gasteiger partial charge in [-0.2, -0.15) is 0 Å². The van der Waals surface area contributed by atoms with Gasteiger partial charge in [0.05, 0.1) is 0 Å². The minimum atomic E-state index is -0.445. The van der Waals surface area contributed by atoms with Crippen molar-refractivity contribution >= 4 is 23.7 Å². The average molecular weight is 357 g/mol. The zero-order valence-corrected chi connectivity index (χ0v) is 14.5. The van der Waals surface area contributed by atoms with Crippen LogP contribution in [0.15, 0.2) is 57.8 Å². The molecular weight excluding hydrogens is 341 g/mol. The average Bonchev–Trinajstić information content (AvgIpc) is 3.03. The predicted octanol–water partition coefficient (Wildman–Crippen LogP) is 4.63. The number of amides is 1. The van der Waals surface area contributed by atoms with Crippen LogP contribution in [0.2, 0.25) is 0 Å². The maximum atomic E-state index is 12.9. The number of rotatable bonds is 5. The lowest BCUT2D eigenvalue weighted by Crippen LogP contribution is -2.12. The number of nitrogens with zero attached hydrogens (tertiary/aromatic N) is 2. The molecule has 0 bridgehead atoms. The van der Waals surface area contributed by atoms with Crippen molar-refractivity contribution in [2.24, 2.45) is 0 Å². The van der Waals surface area contributed by atoms with E-state index in [1.54, 1.807) is 11.8 Å². The summed E-state index contributed by atoms with van der Waals surface area (Å²) < 4.78 is 18.4. The molecule has 3 aromatic rings. The fourth-order valence-corrected chi connectivity index (χ4v) is 3.03. The molecule has 0 atom stereocenters. The van der Waals surface area contributed by atoms with E-state index in [0.717, 1.165) is 10.5 Å². The zero-order valence-electron chi connectivity index (χ0n) is 13.7. The van der Waals surface area contributed by atoms with E-state index in [9.17, 15) is 9.18 Å². The molecule has 0 unspecified atom stereocenters. The Morgan fingerprint density at radius 3 is 2.64 bits per heavy atom. The molecule has 1 heterocycles. The van der Waals surface area contributed by atoms with Crippen LogP contribution in [-0.4, -0.2) is 21.4 Å². The molecule has 0 fully saturated rings. The highest BCUT2D eigenvalue weighted by Crippen LogP contribution is 2.28. The number of nitrogens with one attached hydrogen (secondary N) is 1. The van der Waals surface area contributed by atoms with Gasteiger partial charge in [-0.25, -0.2) is 4.39 Å². The largest absolute Gasteiger partial charge is 0.403 e. The fourth-order valence-electron chi connectivity index (χ4n) is 2.14. The van der Waals surface area contributed by atoms with Crippen molar-refractivity contribution in [3.05, 3.63) is 59.9 Å². The second kappa shape index (κ2) is 7.48. The molecule has 5 nitrogen and oxygen atoms in total. The SMILES string of the molecule is CC(C)Sc1cccc(-c2nnc(NC(=O)c3ccc(F)cc3)o2)c1. The summed E-state index contributed by atoms with van der Waals surface area (Å²) in [5.74, 6) is -0.532. The summed E-state index contributed by atoms with van der Waals surface area (Å²) >= 11 is 1.73. The first-order chi connectivity index (χ1) is 12.0. The highest BCUT2D eigenvalue weighted by Gasteiger charge is 2.13. The Balaban J connectivity index is 1.74. The number of hydrogen-bond acceptors (Lipinski definition) is 5. The highest BCUT2D eigenvalue weighted by atomic mass is 32.2. The molecule has 128 valence electrons. The van der Waals surface area contributed by atoms with Gasteiger partial charge in [0, 0.05) is 21.3 Å². The lowest BCUT2D eigenvalue weighted by Gasteiger charge is -2.05. The second-order valence-electron chi connectivity index (χ2n) is 5.57. The van der Waals surface area contributed by atoms with Crippen LogP contribution in [0.5, 0.6) is 0 Å². The Bertz CT molecular complexity index is 878. The number of benzene rings is 2. The van der Waals surface area contributed by atoms with Crippen molar-refractivity contribution in [3.63, 3.8) is 0 Å². The summed E-state index contributed by atoms with van der Waals surface area (Å²) in [5.41, 5.74) is 1.08. The molecule has 7 heteroatoms. The number of carbonyl (C=O) groups is 1. The molecule has 0 radical (unpaired) electrons. The molecule has 0 aliphatic carbocycles. The van der Waals surface area contributed by atoms with Crippen molar-refractivity contribution in [2.75, 3.05) is 5.32 Å². The first-order valence-electron chi connectivity index (χ1n) is 7.69. The quantitative estimate of drug-likeness (QED) is 0.674. The van der Waals surface area contributed by atoms with Crippen LogP contribution in [0.25, 0.3) is 11.5 Å². The van der Waals surface area contributed by atoms with Gasteiger partial charge in [-0.05, 0) is 42.5 Å². The molecule has 0 aliphatic rings. The fraction of sp³-hybridized carbons (Fsp3) is 0.167. The molecule has 25 heavy (non-hydrogen) atoms. The Kier molecular flexibility index (Phi) is 5.14. The van der Waals surface area contributed by atoms with E-state index in [0.29, 0.717) is 16.7 Å². The Morgan fingerprint density at radius 1 is 1.16 bits per heavy atom. The third kappa shape index (κ3) is 4.45. The lowest BCUT2D eigenvalue weighted by atomic mass is 10.2. The molecular formula is C18H16FN3O2S. The van der Waals surface area contributed by atoms with Crippen LogP contribution in [0.4, 0.5) is 10.4 Å². The van der Waals surface area contributed by atoms with Gasteiger partial charge in [0.25, 0.3) is 5.91 Å². The van der Waals surface area contributed by atoms with Crippen molar-refractivity contribution in [1.82, 2.24) is 10.2 Å². The van der Waals surface area contributed by atoms with Gasteiger partial charge >= 0.3 is 6.01 Å². The maximum Gasteiger partial charge on any atom is 0.322 e. The van der Waals surface area contributed by atoms with E-state index in [1.165, 1.54) is 24.3 Å². The standard InChI is InChI=1S/C18H16FN3O2S/c1-11(2)25-15-5-3-4-13(10-15)17-21-22-18(24-17)20-16(23)12-6-8-14(19)9-7-12/h3-11H,1-2H3,(H,20,22,23). The van der Waals surface area contributed by atoms with Gasteiger partial charge in [0.2, 0.25) is 5.89 Å². The van der Waals surface area contributed by atoms with E-state index >= 15 is 0 Å². The first kappa shape index (κ1) is 17.2. The van der Waals surface area contributed by atoms with E-state index < -0.39 is 11.7 Å². The minimum Gasteiger partial charge on any atom is -0.403 e. The van der Waals surface area contributed by atoms with Crippen molar-refractivity contribution in [1.29, 1.82) is 0 Å². The molecule has 0 saturated carbocycles. The normalized spacial score (nSPS) is 10.9. The van der Waals surface area contributed by atoms with Crippen LogP contribution in [0.3, 0.4) is 0 Å². The van der Waals surface area contributed by atoms with Gasteiger partial charge in [-0.1, -0.05) is 25.0 Å². The lowest BCUT2D eigenvalue weighted by molar-refractivity contribution is 0.102. The van der Waals surface area contributed by atoms with E-state index in [1.807, 2.05) is 24.3 Å². The summed E-state index contributed by atoms with van der Waals surface area (Å²) in [6, 6.07) is 12.9. The number of aromatic nitrogens is 2. The monoisotopic (exact) mass is 357 g/mol. The summed E-state index contributed by atoms with van der Waals surface area (Å²) in [5, 5.41) is 10.8. The van der Waals surface area contributed by atoms with E-state index in [4.69, 9.17) is 4.42 Å². The summed E-state index contributed by atoms with van der Waals surface area (Å²) in [7, 11) is 0. The highest BCUT2D eigenvalue weighted by molar-refractivity contribution is 7.99. The second-order valence-corrected chi connectivity index (χ2v) is 7.22. The summed E-state index contributed by atoms with van der Waals surface area (Å²) in [6.45, 7) is 4.24. The molecule has 1 N–H and O–H groups in total. The van der Waals surface area contributed by atoms with Crippen LogP contribution in [0.1, 0.15) is 24.2 Å². The van der Waals surface area contributed by atoms with Gasteiger partial charge in [-0.3, -0.25) is 10.1 Å². The van der Waals surface area contributed by atoms with E-state index in [2.05, 4.69) is 29.4 Å². The number of anilines is 1. The van der Waals surface area contributed by atoms with Crippen LogP contribution in [-0.2, 0) is 0 Å². The number of hydrogen-bond donors (Lipinski definition) is 1. The molecule has 0 spiro atoms. The molecule has 0 aliphatic heterocycles. The third-order valence-corrected chi connectivity index (χ3v) is 4.20. The Labute approximate surface area is 148 Å². The smallest absolute Gasteiger partial charge is 0.322 e. The number of thioether (sulfide) groups is 1. The van der Waals surface area contributed by atoms with Gasteiger partial charge in [0.1, 0.15) is 5.82 Å². The first-order valence-corrected chi connectivity index (χ1v) is 8.57. The molecule has 1 aromatic heterocycles. The number of halogens is 1. The van der Waals surface area contributed by atoms with Crippen molar-refractivity contribution < 1.29 is 13.6 Å². The van der Waals surface area contributed by atoms with Crippen molar-refractivity contribution in [3.8, 4) is 11.5 Å². The molecule has 1 amide bonds. The Morgan fingerprint density at radius 2 is 1.92 bits per heavy atom. The van der Waals surface area contributed by atoms with Crippen molar-refractivity contribution in [2.45, 2.75) is 24.0 Å². The van der Waals surface area contributed by atoms with Gasteiger partial charge in [0.15, 0.2) is 0 Å². The number of carbonyl (C=O) groups excluding carboxylic acids is 1. The minimum absolute atomic E-state index is 0.00811.